The molecule has 0 amide bonds. The molecule has 1 fully saturated rings. The predicted molar refractivity (Wildman–Crippen MR) is 69.4 cm³/mol. The summed E-state index contributed by atoms with van der Waals surface area (Å²) >= 11 is 5.61. The average Bonchev–Trinajstić information content (AvgIpc) is 2.62. The summed E-state index contributed by atoms with van der Waals surface area (Å²) in [5.74, 6) is -0.893. The van der Waals surface area contributed by atoms with Crippen LogP contribution in [0.4, 0.5) is 0 Å². The van der Waals surface area contributed by atoms with E-state index in [1.54, 1.807) is 13.8 Å². The van der Waals surface area contributed by atoms with Crippen LogP contribution in [0.2, 0.25) is 5.28 Å². The van der Waals surface area contributed by atoms with Gasteiger partial charge in [0.15, 0.2) is 5.79 Å². The lowest BCUT2D eigenvalue weighted by atomic mass is 10.1. The van der Waals surface area contributed by atoms with Crippen LogP contribution in [0.1, 0.15) is 25.5 Å². The third-order valence-electron chi connectivity index (χ3n) is 2.62. The van der Waals surface area contributed by atoms with Crippen LogP contribution in [0.3, 0.4) is 0 Å². The Kier molecular flexibility index (Phi) is 4.28. The van der Waals surface area contributed by atoms with Crippen LogP contribution >= 0.6 is 11.6 Å². The smallest absolute Gasteiger partial charge is 0.333 e. The van der Waals surface area contributed by atoms with E-state index in [1.807, 2.05) is 4.72 Å². The van der Waals surface area contributed by atoms with Gasteiger partial charge in [0, 0.05) is 24.5 Å². The standard InChI is InChI=1S/C10H14ClN3O5S/c1-10(2)18-7(5-14-20(15,16)17)8(19-10)6-3-12-9(11)13-4-6/h3-4,7-8,14H,5H2,1-2H3,(H,15,16,17). The van der Waals surface area contributed by atoms with Crippen molar-refractivity contribution in [2.45, 2.75) is 31.8 Å². The zero-order chi connectivity index (χ0) is 15.0. The van der Waals surface area contributed by atoms with Crippen LogP contribution in [0, 0.1) is 0 Å². The second-order valence-electron chi connectivity index (χ2n) is 4.70. The molecule has 0 aromatic carbocycles. The van der Waals surface area contributed by atoms with Crippen molar-refractivity contribution in [1.29, 1.82) is 0 Å². The minimum absolute atomic E-state index is 0.0968. The van der Waals surface area contributed by atoms with Crippen LogP contribution in [0.25, 0.3) is 0 Å². The summed E-state index contributed by atoms with van der Waals surface area (Å²) in [5.41, 5.74) is 0.599. The highest BCUT2D eigenvalue weighted by Crippen LogP contribution is 2.37. The fourth-order valence-electron chi connectivity index (χ4n) is 1.92. The molecule has 0 radical (unpaired) electrons. The Hall–Kier alpha value is -0.840. The van der Waals surface area contributed by atoms with Crippen molar-refractivity contribution in [2.24, 2.45) is 0 Å². The monoisotopic (exact) mass is 323 g/mol. The molecule has 2 heterocycles. The zero-order valence-corrected chi connectivity index (χ0v) is 12.3. The molecule has 1 saturated heterocycles. The van der Waals surface area contributed by atoms with Crippen molar-refractivity contribution in [2.75, 3.05) is 6.54 Å². The van der Waals surface area contributed by atoms with Gasteiger partial charge in [0.2, 0.25) is 5.28 Å². The first-order valence-corrected chi connectivity index (χ1v) is 7.53. The Morgan fingerprint density at radius 2 is 2.00 bits per heavy atom. The summed E-state index contributed by atoms with van der Waals surface area (Å²) in [6.07, 6.45) is 1.75. The molecule has 10 heteroatoms. The highest BCUT2D eigenvalue weighted by Gasteiger charge is 2.42. The Morgan fingerprint density at radius 3 is 2.55 bits per heavy atom. The number of hydrogen-bond donors (Lipinski definition) is 2. The highest BCUT2D eigenvalue weighted by molar-refractivity contribution is 7.83. The van der Waals surface area contributed by atoms with E-state index in [1.165, 1.54) is 12.4 Å². The van der Waals surface area contributed by atoms with E-state index in [0.717, 1.165) is 0 Å². The van der Waals surface area contributed by atoms with Gasteiger partial charge >= 0.3 is 10.3 Å². The normalized spacial score (nSPS) is 25.8. The van der Waals surface area contributed by atoms with Crippen LogP contribution in [0.5, 0.6) is 0 Å². The summed E-state index contributed by atoms with van der Waals surface area (Å²) in [4.78, 5) is 7.69. The predicted octanol–water partition coefficient (Wildman–Crippen LogP) is 0.715. The van der Waals surface area contributed by atoms with E-state index in [0.29, 0.717) is 5.56 Å². The van der Waals surface area contributed by atoms with E-state index in [2.05, 4.69) is 9.97 Å². The molecule has 0 spiro atoms. The number of rotatable bonds is 4. The molecule has 1 aromatic rings. The summed E-state index contributed by atoms with van der Waals surface area (Å²) < 4.78 is 43.5. The summed E-state index contributed by atoms with van der Waals surface area (Å²) in [5, 5.41) is 0.0968. The maximum absolute atomic E-state index is 10.7. The van der Waals surface area contributed by atoms with Gasteiger partial charge in [-0.05, 0) is 25.4 Å². The molecule has 8 nitrogen and oxygen atoms in total. The number of nitrogens with one attached hydrogen (secondary N) is 1. The molecule has 2 rings (SSSR count). The van der Waals surface area contributed by atoms with Gasteiger partial charge in [0.25, 0.3) is 0 Å². The van der Waals surface area contributed by atoms with Crippen molar-refractivity contribution in [1.82, 2.24) is 14.7 Å². The second kappa shape index (κ2) is 5.51. The molecule has 0 aliphatic carbocycles. The lowest BCUT2D eigenvalue weighted by Gasteiger charge is -2.16. The first-order chi connectivity index (χ1) is 9.16. The van der Waals surface area contributed by atoms with Gasteiger partial charge in [0.05, 0.1) is 0 Å². The molecule has 1 aliphatic rings. The molecule has 2 atom stereocenters. The average molecular weight is 324 g/mol. The minimum atomic E-state index is -4.30. The SMILES string of the molecule is CC1(C)OC(CNS(=O)(=O)O)C(c2cnc(Cl)nc2)O1. The van der Waals surface area contributed by atoms with E-state index >= 15 is 0 Å². The Bertz CT molecular complexity index is 577. The lowest BCUT2D eigenvalue weighted by Crippen LogP contribution is -2.35. The lowest BCUT2D eigenvalue weighted by molar-refractivity contribution is -0.146. The molecular weight excluding hydrogens is 310 g/mol. The third-order valence-corrected chi connectivity index (χ3v) is 3.35. The quantitative estimate of drug-likeness (QED) is 0.620. The van der Waals surface area contributed by atoms with E-state index in [4.69, 9.17) is 25.6 Å². The second-order valence-corrected chi connectivity index (χ2v) is 6.28. The van der Waals surface area contributed by atoms with Gasteiger partial charge in [-0.3, -0.25) is 4.55 Å². The number of nitrogens with zero attached hydrogens (tertiary/aromatic N) is 2. The Morgan fingerprint density at radius 1 is 1.40 bits per heavy atom. The summed E-state index contributed by atoms with van der Waals surface area (Å²) in [6.45, 7) is 3.25. The minimum Gasteiger partial charge on any atom is -0.343 e. The van der Waals surface area contributed by atoms with Gasteiger partial charge in [0.1, 0.15) is 12.2 Å². The number of halogens is 1. The molecule has 1 aromatic heterocycles. The molecule has 112 valence electrons. The molecule has 2 unspecified atom stereocenters. The molecule has 1 aliphatic heterocycles. The number of ether oxygens (including phenoxy) is 2. The summed E-state index contributed by atoms with van der Waals surface area (Å²) in [7, 11) is -4.30. The van der Waals surface area contributed by atoms with Gasteiger partial charge < -0.3 is 9.47 Å². The first kappa shape index (κ1) is 15.5. The Balaban J connectivity index is 2.17. The van der Waals surface area contributed by atoms with Crippen molar-refractivity contribution in [3.63, 3.8) is 0 Å². The molecule has 2 N–H and O–H groups in total. The van der Waals surface area contributed by atoms with Crippen molar-refractivity contribution >= 4 is 21.9 Å². The summed E-state index contributed by atoms with van der Waals surface area (Å²) in [6, 6.07) is 0. The van der Waals surface area contributed by atoms with Crippen LogP contribution < -0.4 is 4.72 Å². The van der Waals surface area contributed by atoms with Crippen molar-refractivity contribution in [3.05, 3.63) is 23.2 Å². The largest absolute Gasteiger partial charge is 0.343 e. The van der Waals surface area contributed by atoms with Crippen LogP contribution in [-0.4, -0.2) is 41.4 Å². The first-order valence-electron chi connectivity index (χ1n) is 5.71. The van der Waals surface area contributed by atoms with Gasteiger partial charge in [-0.2, -0.15) is 13.1 Å². The zero-order valence-electron chi connectivity index (χ0n) is 10.8. The Labute approximate surface area is 121 Å². The third kappa shape index (κ3) is 4.08. The van der Waals surface area contributed by atoms with E-state index in [-0.39, 0.29) is 11.8 Å². The van der Waals surface area contributed by atoms with Gasteiger partial charge in [-0.15, -0.1) is 0 Å². The molecule has 20 heavy (non-hydrogen) atoms. The molecular formula is C10H14ClN3O5S. The maximum atomic E-state index is 10.7. The fourth-order valence-corrected chi connectivity index (χ4v) is 2.40. The van der Waals surface area contributed by atoms with Crippen molar-refractivity contribution < 1.29 is 22.4 Å². The van der Waals surface area contributed by atoms with E-state index in [9.17, 15) is 8.42 Å². The highest BCUT2D eigenvalue weighted by atomic mass is 35.5. The topological polar surface area (TPSA) is 111 Å². The fraction of sp³-hybridized carbons (Fsp3) is 0.600. The van der Waals surface area contributed by atoms with E-state index < -0.39 is 28.3 Å². The molecule has 0 bridgehead atoms. The number of hydrogen-bond acceptors (Lipinski definition) is 6. The van der Waals surface area contributed by atoms with Crippen LogP contribution in [0.15, 0.2) is 12.4 Å². The van der Waals surface area contributed by atoms with Gasteiger partial charge in [-0.25, -0.2) is 9.97 Å². The number of aromatic nitrogens is 2. The maximum Gasteiger partial charge on any atom is 0.333 e. The van der Waals surface area contributed by atoms with Crippen molar-refractivity contribution in [3.8, 4) is 0 Å². The van der Waals surface area contributed by atoms with Crippen LogP contribution in [-0.2, 0) is 19.8 Å². The molecule has 0 saturated carbocycles. The van der Waals surface area contributed by atoms with Gasteiger partial charge in [-0.1, -0.05) is 0 Å².